The van der Waals surface area contributed by atoms with Crippen LogP contribution < -0.4 is 10.4 Å². The molecule has 2 aromatic heterocycles. The van der Waals surface area contributed by atoms with Crippen molar-refractivity contribution in [1.82, 2.24) is 24.1 Å². The third-order valence-electron chi connectivity index (χ3n) is 4.69. The van der Waals surface area contributed by atoms with Gasteiger partial charge in [0.2, 0.25) is 15.2 Å². The summed E-state index contributed by atoms with van der Waals surface area (Å²) in [6, 6.07) is 4.45. The Balaban J connectivity index is 1.90. The van der Waals surface area contributed by atoms with Gasteiger partial charge in [-0.05, 0) is 44.9 Å². The highest BCUT2D eigenvalue weighted by atomic mass is 32.2. The summed E-state index contributed by atoms with van der Waals surface area (Å²) in [5.74, 6) is 0. The lowest BCUT2D eigenvalue weighted by atomic mass is 10.3. The van der Waals surface area contributed by atoms with Crippen LogP contribution in [0.15, 0.2) is 27.9 Å². The van der Waals surface area contributed by atoms with E-state index in [1.165, 1.54) is 28.0 Å². The number of benzene rings is 1. The Morgan fingerprint density at radius 3 is 2.59 bits per heavy atom. The van der Waals surface area contributed by atoms with Gasteiger partial charge < -0.3 is 0 Å². The maximum Gasteiger partial charge on any atom is 0.335 e. The molecule has 0 spiro atoms. The molecule has 0 unspecified atom stereocenters. The van der Waals surface area contributed by atoms with Gasteiger partial charge in [0.25, 0.3) is 0 Å². The second kappa shape index (κ2) is 6.21. The van der Waals surface area contributed by atoms with Crippen molar-refractivity contribution in [2.24, 2.45) is 0 Å². The monoisotopic (exact) mass is 411 g/mol. The standard InChI is InChI=1S/C16H18FN5O3S2/c1-3-21-12-5-4-11(27(24,25)20-16(9-17)6-7-16)8-13(12)22(15(21)23)14-19-18-10(2)26-14/h4-5,8,20H,3,6-7,9H2,1-2H3. The molecule has 0 aliphatic heterocycles. The fourth-order valence-electron chi connectivity index (χ4n) is 3.03. The first-order valence-corrected chi connectivity index (χ1v) is 10.8. The number of nitrogens with zero attached hydrogens (tertiary/aromatic N) is 4. The number of sulfonamides is 1. The molecule has 1 fully saturated rings. The van der Waals surface area contributed by atoms with Gasteiger partial charge in [0.05, 0.1) is 21.5 Å². The van der Waals surface area contributed by atoms with Crippen molar-refractivity contribution in [3.8, 4) is 5.13 Å². The lowest BCUT2D eigenvalue weighted by Crippen LogP contribution is -2.38. The minimum atomic E-state index is -3.91. The summed E-state index contributed by atoms with van der Waals surface area (Å²) in [5.41, 5.74) is -0.278. The van der Waals surface area contributed by atoms with Crippen LogP contribution >= 0.6 is 11.3 Å². The Kier molecular flexibility index (Phi) is 4.20. The quantitative estimate of drug-likeness (QED) is 0.666. The first kappa shape index (κ1) is 18.3. The minimum Gasteiger partial charge on any atom is -0.292 e. The number of aromatic nitrogens is 4. The first-order valence-electron chi connectivity index (χ1n) is 8.46. The van der Waals surface area contributed by atoms with Crippen molar-refractivity contribution in [3.05, 3.63) is 33.7 Å². The largest absolute Gasteiger partial charge is 0.335 e. The Hall–Kier alpha value is -2.11. The Bertz CT molecular complexity index is 1190. The van der Waals surface area contributed by atoms with Crippen molar-refractivity contribution < 1.29 is 12.8 Å². The van der Waals surface area contributed by atoms with Gasteiger partial charge in [-0.1, -0.05) is 11.3 Å². The van der Waals surface area contributed by atoms with Crippen LogP contribution in [0.1, 0.15) is 24.8 Å². The zero-order chi connectivity index (χ0) is 19.4. The molecule has 1 aliphatic rings. The highest BCUT2D eigenvalue weighted by Crippen LogP contribution is 2.37. The Morgan fingerprint density at radius 1 is 1.30 bits per heavy atom. The van der Waals surface area contributed by atoms with E-state index in [-0.39, 0.29) is 10.6 Å². The SMILES string of the molecule is CCn1c(=O)n(-c2nnc(C)s2)c2cc(S(=O)(=O)NC3(CF)CC3)ccc21. The maximum absolute atomic E-state index is 13.1. The molecule has 8 nitrogen and oxygen atoms in total. The fourth-order valence-corrected chi connectivity index (χ4v) is 5.19. The summed E-state index contributed by atoms with van der Waals surface area (Å²) in [5, 5.41) is 9.03. The zero-order valence-electron chi connectivity index (χ0n) is 14.8. The van der Waals surface area contributed by atoms with Crippen LogP contribution in [0, 0.1) is 6.92 Å². The van der Waals surface area contributed by atoms with E-state index in [9.17, 15) is 17.6 Å². The van der Waals surface area contributed by atoms with E-state index in [2.05, 4.69) is 14.9 Å². The van der Waals surface area contributed by atoms with E-state index < -0.39 is 22.2 Å². The number of hydrogen-bond donors (Lipinski definition) is 1. The van der Waals surface area contributed by atoms with E-state index in [0.717, 1.165) is 0 Å². The average Bonchev–Trinajstić information content (AvgIpc) is 3.16. The summed E-state index contributed by atoms with van der Waals surface area (Å²) >= 11 is 1.24. The topological polar surface area (TPSA) is 98.9 Å². The molecule has 1 aromatic carbocycles. The summed E-state index contributed by atoms with van der Waals surface area (Å²) in [6.07, 6.45) is 0.956. The lowest BCUT2D eigenvalue weighted by molar-refractivity contribution is 0.393. The number of fused-ring (bicyclic) bond motifs is 1. The average molecular weight is 411 g/mol. The van der Waals surface area contributed by atoms with Crippen LogP contribution in [0.3, 0.4) is 0 Å². The molecule has 1 N–H and O–H groups in total. The normalized spacial score (nSPS) is 16.1. The molecule has 27 heavy (non-hydrogen) atoms. The third kappa shape index (κ3) is 2.99. The Morgan fingerprint density at radius 2 is 2.04 bits per heavy atom. The van der Waals surface area contributed by atoms with Crippen LogP contribution in [0.25, 0.3) is 16.2 Å². The van der Waals surface area contributed by atoms with Crippen LogP contribution in [0.4, 0.5) is 4.39 Å². The van der Waals surface area contributed by atoms with Crippen LogP contribution in [0.2, 0.25) is 0 Å². The summed E-state index contributed by atoms with van der Waals surface area (Å²) in [7, 11) is -3.91. The van der Waals surface area contributed by atoms with E-state index in [4.69, 9.17) is 0 Å². The molecule has 144 valence electrons. The summed E-state index contributed by atoms with van der Waals surface area (Å²) < 4.78 is 43.9. The number of rotatable bonds is 6. The number of halogens is 1. The second-order valence-electron chi connectivity index (χ2n) is 6.64. The smallest absolute Gasteiger partial charge is 0.292 e. The number of imidazole rings is 1. The highest BCUT2D eigenvalue weighted by Gasteiger charge is 2.46. The van der Waals surface area contributed by atoms with E-state index in [1.54, 1.807) is 17.6 Å². The van der Waals surface area contributed by atoms with Gasteiger partial charge in [-0.25, -0.2) is 26.9 Å². The van der Waals surface area contributed by atoms with Gasteiger partial charge >= 0.3 is 5.69 Å². The zero-order valence-corrected chi connectivity index (χ0v) is 16.4. The van der Waals surface area contributed by atoms with Crippen LogP contribution in [0.5, 0.6) is 0 Å². The van der Waals surface area contributed by atoms with Gasteiger partial charge in [0.1, 0.15) is 11.7 Å². The molecule has 11 heteroatoms. The van der Waals surface area contributed by atoms with E-state index >= 15 is 0 Å². The summed E-state index contributed by atoms with van der Waals surface area (Å²) in [4.78, 5) is 12.8. The second-order valence-corrected chi connectivity index (χ2v) is 9.48. The number of aryl methyl sites for hydroxylation is 2. The van der Waals surface area contributed by atoms with Gasteiger partial charge in [0, 0.05) is 6.54 Å². The molecular formula is C16H18FN5O3S2. The molecule has 0 saturated heterocycles. The van der Waals surface area contributed by atoms with Crippen molar-refractivity contribution in [2.45, 2.75) is 43.7 Å². The minimum absolute atomic E-state index is 0.0158. The first-order chi connectivity index (χ1) is 12.8. The van der Waals surface area contributed by atoms with Gasteiger partial charge in [-0.3, -0.25) is 4.57 Å². The number of hydrogen-bond acceptors (Lipinski definition) is 6. The van der Waals surface area contributed by atoms with Crippen molar-refractivity contribution in [3.63, 3.8) is 0 Å². The molecular weight excluding hydrogens is 393 g/mol. The third-order valence-corrected chi connectivity index (χ3v) is 7.09. The Labute approximate surface area is 158 Å². The number of alkyl halides is 1. The van der Waals surface area contributed by atoms with Gasteiger partial charge in [-0.2, -0.15) is 0 Å². The number of nitrogens with one attached hydrogen (secondary N) is 1. The lowest BCUT2D eigenvalue weighted by Gasteiger charge is -2.14. The van der Waals surface area contributed by atoms with Crippen LogP contribution in [-0.2, 0) is 16.6 Å². The predicted octanol–water partition coefficient (Wildman–Crippen LogP) is 1.75. The highest BCUT2D eigenvalue weighted by molar-refractivity contribution is 7.89. The maximum atomic E-state index is 13.1. The summed E-state index contributed by atoms with van der Waals surface area (Å²) in [6.45, 7) is 3.29. The molecule has 3 aromatic rings. The van der Waals surface area contributed by atoms with Gasteiger partial charge in [-0.15, -0.1) is 10.2 Å². The van der Waals surface area contributed by atoms with Crippen molar-refractivity contribution in [2.75, 3.05) is 6.67 Å². The van der Waals surface area contributed by atoms with Crippen LogP contribution in [-0.4, -0.2) is 40.0 Å². The molecule has 0 amide bonds. The molecule has 1 saturated carbocycles. The van der Waals surface area contributed by atoms with Crippen molar-refractivity contribution in [1.29, 1.82) is 0 Å². The van der Waals surface area contributed by atoms with E-state index in [0.29, 0.717) is 40.6 Å². The van der Waals surface area contributed by atoms with Gasteiger partial charge in [0.15, 0.2) is 0 Å². The van der Waals surface area contributed by atoms with Crippen molar-refractivity contribution >= 4 is 32.4 Å². The van der Waals surface area contributed by atoms with E-state index in [1.807, 2.05) is 6.92 Å². The fraction of sp³-hybridized carbons (Fsp3) is 0.438. The molecule has 0 radical (unpaired) electrons. The predicted molar refractivity (Wildman–Crippen MR) is 99.7 cm³/mol. The molecule has 2 heterocycles. The molecule has 0 bridgehead atoms. The molecule has 0 atom stereocenters. The molecule has 4 rings (SSSR count). The molecule has 1 aliphatic carbocycles.